The molecule has 0 aromatic heterocycles. The van der Waals surface area contributed by atoms with E-state index in [0.29, 0.717) is 51.1 Å². The maximum absolute atomic E-state index is 12.7. The molecule has 1 atom stereocenters. The van der Waals surface area contributed by atoms with Crippen LogP contribution >= 0.6 is 0 Å². The Morgan fingerprint density at radius 3 is 1.91 bits per heavy atom. The first-order valence-electron chi connectivity index (χ1n) is 14.2. The number of nitrogens with one attached hydrogen (secondary N) is 1. The van der Waals surface area contributed by atoms with Crippen molar-refractivity contribution >= 4 is 23.6 Å². The molecule has 0 radical (unpaired) electrons. The van der Waals surface area contributed by atoms with Gasteiger partial charge in [-0.25, -0.2) is 0 Å². The Hall–Kier alpha value is -2.12. The minimum Gasteiger partial charge on any atom is -0.346 e. The third kappa shape index (κ3) is 6.98. The van der Waals surface area contributed by atoms with Crippen LogP contribution in [0.5, 0.6) is 0 Å². The summed E-state index contributed by atoms with van der Waals surface area (Å²) in [5, 5.41) is 2.75. The number of rotatable bonds is 10. The Bertz CT molecular complexity index is 760. The molecule has 2 saturated carbocycles. The van der Waals surface area contributed by atoms with Gasteiger partial charge in [-0.1, -0.05) is 51.4 Å². The van der Waals surface area contributed by atoms with Gasteiger partial charge in [0.25, 0.3) is 0 Å². The van der Waals surface area contributed by atoms with Crippen LogP contribution in [0, 0.1) is 11.8 Å². The standard InChI is InChI=1S/C27H44N4O4/c32-24-25(33)31(20-22-11-5-2-6-12-22)23(19-28-24)13-7-8-15-29-17-18-30(27(35)26(29)34)16-14-21-9-3-1-4-10-21/h21-23H,1-20H2,(H,28,32)/t23-/m0/s1. The number of carbonyl (C=O) groups is 4. The Morgan fingerprint density at radius 2 is 1.26 bits per heavy atom. The van der Waals surface area contributed by atoms with Crippen LogP contribution in [-0.4, -0.2) is 83.6 Å². The summed E-state index contributed by atoms with van der Waals surface area (Å²) in [6.45, 7) is 3.73. The highest BCUT2D eigenvalue weighted by Gasteiger charge is 2.36. The fraction of sp³-hybridized carbons (Fsp3) is 0.852. The van der Waals surface area contributed by atoms with Gasteiger partial charge >= 0.3 is 23.6 Å². The Morgan fingerprint density at radius 1 is 0.657 bits per heavy atom. The van der Waals surface area contributed by atoms with Crippen LogP contribution in [0.3, 0.4) is 0 Å². The quantitative estimate of drug-likeness (QED) is 0.378. The molecule has 0 unspecified atom stereocenters. The summed E-state index contributed by atoms with van der Waals surface area (Å²) in [5.74, 6) is -0.373. The first-order chi connectivity index (χ1) is 17.0. The van der Waals surface area contributed by atoms with Crippen LogP contribution in [0.25, 0.3) is 0 Å². The highest BCUT2D eigenvalue weighted by molar-refractivity contribution is 6.36. The van der Waals surface area contributed by atoms with Crippen LogP contribution in [0.15, 0.2) is 0 Å². The summed E-state index contributed by atoms with van der Waals surface area (Å²) in [6, 6.07) is 0.0242. The predicted octanol–water partition coefficient (Wildman–Crippen LogP) is 2.71. The van der Waals surface area contributed by atoms with Gasteiger partial charge in [0, 0.05) is 45.3 Å². The second-order valence-corrected chi connectivity index (χ2v) is 11.2. The fourth-order valence-corrected chi connectivity index (χ4v) is 6.47. The van der Waals surface area contributed by atoms with Crippen LogP contribution in [0.1, 0.15) is 89.9 Å². The van der Waals surface area contributed by atoms with Gasteiger partial charge < -0.3 is 20.0 Å². The van der Waals surface area contributed by atoms with Gasteiger partial charge in [0.05, 0.1) is 0 Å². The second-order valence-electron chi connectivity index (χ2n) is 11.2. The predicted molar refractivity (Wildman–Crippen MR) is 133 cm³/mol. The van der Waals surface area contributed by atoms with E-state index in [1.54, 1.807) is 9.80 Å². The van der Waals surface area contributed by atoms with Crippen molar-refractivity contribution in [3.05, 3.63) is 0 Å². The number of nitrogens with zero attached hydrogens (tertiary/aromatic N) is 3. The van der Waals surface area contributed by atoms with Crippen LogP contribution in [-0.2, 0) is 19.2 Å². The van der Waals surface area contributed by atoms with Crippen LogP contribution in [0.4, 0.5) is 0 Å². The topological polar surface area (TPSA) is 90.0 Å². The molecule has 0 aromatic carbocycles. The first kappa shape index (κ1) is 26.0. The molecule has 4 amide bonds. The Labute approximate surface area is 210 Å². The Balaban J connectivity index is 1.18. The monoisotopic (exact) mass is 488 g/mol. The molecule has 0 aromatic rings. The molecule has 4 aliphatic rings. The molecule has 1 N–H and O–H groups in total. The molecule has 2 heterocycles. The summed E-state index contributed by atoms with van der Waals surface area (Å²) < 4.78 is 0. The lowest BCUT2D eigenvalue weighted by Crippen LogP contribution is -2.59. The van der Waals surface area contributed by atoms with E-state index in [1.165, 1.54) is 51.4 Å². The zero-order chi connectivity index (χ0) is 24.6. The maximum atomic E-state index is 12.7. The van der Waals surface area contributed by atoms with E-state index in [2.05, 4.69) is 5.32 Å². The lowest BCUT2D eigenvalue weighted by molar-refractivity contribution is -0.156. The molecular formula is C27H44N4O4. The van der Waals surface area contributed by atoms with Crippen molar-refractivity contribution in [2.24, 2.45) is 11.8 Å². The van der Waals surface area contributed by atoms with Crippen LogP contribution < -0.4 is 5.32 Å². The maximum Gasteiger partial charge on any atom is 0.312 e. The second kappa shape index (κ2) is 12.7. The smallest absolute Gasteiger partial charge is 0.312 e. The SMILES string of the molecule is O=C1NC[C@H](CCCCN2CCN(CCC3CCCCC3)C(=O)C2=O)N(CC2CCCCC2)C1=O. The van der Waals surface area contributed by atoms with Gasteiger partial charge in [0.1, 0.15) is 0 Å². The highest BCUT2D eigenvalue weighted by atomic mass is 16.2. The van der Waals surface area contributed by atoms with E-state index in [4.69, 9.17) is 0 Å². The molecule has 0 spiro atoms. The number of hydrogen-bond donors (Lipinski definition) is 1. The molecule has 196 valence electrons. The van der Waals surface area contributed by atoms with Crippen LogP contribution in [0.2, 0.25) is 0 Å². The number of carbonyl (C=O) groups excluding carboxylic acids is 4. The molecule has 35 heavy (non-hydrogen) atoms. The van der Waals surface area contributed by atoms with E-state index in [1.807, 2.05) is 4.90 Å². The van der Waals surface area contributed by atoms with E-state index < -0.39 is 11.8 Å². The molecule has 2 aliphatic carbocycles. The molecule has 4 fully saturated rings. The zero-order valence-electron chi connectivity index (χ0n) is 21.3. The largest absolute Gasteiger partial charge is 0.346 e. The Kier molecular flexibility index (Phi) is 9.44. The minimum atomic E-state index is -0.484. The summed E-state index contributed by atoms with van der Waals surface area (Å²) in [4.78, 5) is 55.1. The van der Waals surface area contributed by atoms with Crippen molar-refractivity contribution in [3.8, 4) is 0 Å². The molecule has 8 nitrogen and oxygen atoms in total. The van der Waals surface area contributed by atoms with Gasteiger partial charge in [-0.05, 0) is 50.4 Å². The molecule has 4 rings (SSSR count). The first-order valence-corrected chi connectivity index (χ1v) is 14.2. The van der Waals surface area contributed by atoms with Crippen molar-refractivity contribution in [1.29, 1.82) is 0 Å². The number of hydrogen-bond acceptors (Lipinski definition) is 4. The fourth-order valence-electron chi connectivity index (χ4n) is 6.47. The average Bonchev–Trinajstić information content (AvgIpc) is 2.89. The average molecular weight is 489 g/mol. The minimum absolute atomic E-state index is 0.0242. The van der Waals surface area contributed by atoms with Crippen molar-refractivity contribution in [2.75, 3.05) is 39.3 Å². The number of piperazine rings is 2. The van der Waals surface area contributed by atoms with Crippen molar-refractivity contribution in [1.82, 2.24) is 20.0 Å². The van der Waals surface area contributed by atoms with E-state index >= 15 is 0 Å². The van der Waals surface area contributed by atoms with Crippen molar-refractivity contribution in [3.63, 3.8) is 0 Å². The molecule has 8 heteroatoms. The van der Waals surface area contributed by atoms with Gasteiger partial charge in [0.15, 0.2) is 0 Å². The summed E-state index contributed by atoms with van der Waals surface area (Å²) >= 11 is 0. The van der Waals surface area contributed by atoms with Crippen molar-refractivity contribution in [2.45, 2.75) is 95.9 Å². The van der Waals surface area contributed by atoms with Gasteiger partial charge in [-0.2, -0.15) is 0 Å². The lowest BCUT2D eigenvalue weighted by atomic mass is 9.87. The van der Waals surface area contributed by atoms with E-state index in [9.17, 15) is 19.2 Å². The van der Waals surface area contributed by atoms with Gasteiger partial charge in [0.2, 0.25) is 0 Å². The summed E-state index contributed by atoms with van der Waals surface area (Å²) in [6.07, 6.45) is 15.9. The third-order valence-corrected chi connectivity index (χ3v) is 8.72. The zero-order valence-corrected chi connectivity index (χ0v) is 21.3. The van der Waals surface area contributed by atoms with E-state index in [-0.39, 0.29) is 17.9 Å². The van der Waals surface area contributed by atoms with Gasteiger partial charge in [-0.3, -0.25) is 19.2 Å². The molecule has 2 saturated heterocycles. The van der Waals surface area contributed by atoms with Crippen molar-refractivity contribution < 1.29 is 19.2 Å². The molecule has 2 aliphatic heterocycles. The third-order valence-electron chi connectivity index (χ3n) is 8.72. The van der Waals surface area contributed by atoms with E-state index in [0.717, 1.165) is 38.5 Å². The summed E-state index contributed by atoms with van der Waals surface area (Å²) in [7, 11) is 0. The number of amides is 4. The van der Waals surface area contributed by atoms with Gasteiger partial charge in [-0.15, -0.1) is 0 Å². The lowest BCUT2D eigenvalue weighted by Gasteiger charge is -2.38. The normalized spacial score (nSPS) is 25.4. The molecular weight excluding hydrogens is 444 g/mol. The number of unbranched alkanes of at least 4 members (excludes halogenated alkanes) is 1. The summed E-state index contributed by atoms with van der Waals surface area (Å²) in [5.41, 5.74) is 0. The highest BCUT2D eigenvalue weighted by Crippen LogP contribution is 2.27. The molecule has 0 bridgehead atoms.